The van der Waals surface area contributed by atoms with E-state index in [-0.39, 0.29) is 5.56 Å². The molecule has 0 bridgehead atoms. The summed E-state index contributed by atoms with van der Waals surface area (Å²) < 4.78 is 1.49. The van der Waals surface area contributed by atoms with Gasteiger partial charge < -0.3 is 10.8 Å². The SMILES string of the molecule is Cc1ccc(-c2nnn(-c3ccc(C(=O)O)cc3)c2N)cc1. The Labute approximate surface area is 126 Å². The van der Waals surface area contributed by atoms with Gasteiger partial charge in [0, 0.05) is 5.56 Å². The number of hydrogen-bond acceptors (Lipinski definition) is 4. The molecule has 0 saturated heterocycles. The number of anilines is 1. The van der Waals surface area contributed by atoms with Crippen LogP contribution in [0.4, 0.5) is 5.82 Å². The molecule has 6 heteroatoms. The van der Waals surface area contributed by atoms with Crippen molar-refractivity contribution in [1.29, 1.82) is 0 Å². The molecule has 3 aromatic rings. The molecule has 0 fully saturated rings. The predicted octanol–water partition coefficient (Wildman–Crippen LogP) is 2.52. The number of carboxylic acids is 1. The molecule has 0 aliphatic carbocycles. The average molecular weight is 294 g/mol. The fourth-order valence-electron chi connectivity index (χ4n) is 2.14. The van der Waals surface area contributed by atoms with Gasteiger partial charge in [0.2, 0.25) is 0 Å². The Morgan fingerprint density at radius 3 is 2.32 bits per heavy atom. The Kier molecular flexibility index (Phi) is 3.34. The van der Waals surface area contributed by atoms with Crippen LogP contribution in [0.15, 0.2) is 48.5 Å². The van der Waals surface area contributed by atoms with Crippen molar-refractivity contribution < 1.29 is 9.90 Å². The highest BCUT2D eigenvalue weighted by Crippen LogP contribution is 2.25. The van der Waals surface area contributed by atoms with Gasteiger partial charge in [-0.2, -0.15) is 4.68 Å². The number of carbonyl (C=O) groups is 1. The number of aromatic nitrogens is 3. The largest absolute Gasteiger partial charge is 0.478 e. The minimum Gasteiger partial charge on any atom is -0.478 e. The van der Waals surface area contributed by atoms with E-state index in [1.54, 1.807) is 12.1 Å². The van der Waals surface area contributed by atoms with Gasteiger partial charge in [0.05, 0.1) is 11.3 Å². The third-order valence-electron chi connectivity index (χ3n) is 3.39. The molecule has 1 heterocycles. The second-order valence-corrected chi connectivity index (χ2v) is 4.95. The lowest BCUT2D eigenvalue weighted by Gasteiger charge is -2.04. The molecule has 0 aliphatic rings. The van der Waals surface area contributed by atoms with Gasteiger partial charge in [-0.25, -0.2) is 4.79 Å². The van der Waals surface area contributed by atoms with Gasteiger partial charge in [0.1, 0.15) is 5.69 Å². The van der Waals surface area contributed by atoms with Crippen molar-refractivity contribution in [3.8, 4) is 16.9 Å². The minimum atomic E-state index is -0.974. The molecule has 0 radical (unpaired) electrons. The number of nitrogen functional groups attached to an aromatic ring is 1. The van der Waals surface area contributed by atoms with Gasteiger partial charge in [-0.3, -0.25) is 0 Å². The van der Waals surface area contributed by atoms with Crippen molar-refractivity contribution in [2.45, 2.75) is 6.92 Å². The van der Waals surface area contributed by atoms with Gasteiger partial charge in [-0.15, -0.1) is 5.10 Å². The van der Waals surface area contributed by atoms with Gasteiger partial charge >= 0.3 is 5.97 Å². The van der Waals surface area contributed by atoms with E-state index in [1.807, 2.05) is 31.2 Å². The molecule has 6 nitrogen and oxygen atoms in total. The van der Waals surface area contributed by atoms with Crippen molar-refractivity contribution in [1.82, 2.24) is 15.0 Å². The van der Waals surface area contributed by atoms with Crippen LogP contribution < -0.4 is 5.73 Å². The lowest BCUT2D eigenvalue weighted by Crippen LogP contribution is -2.03. The maximum absolute atomic E-state index is 10.9. The molecule has 0 saturated carbocycles. The van der Waals surface area contributed by atoms with Crippen molar-refractivity contribution >= 4 is 11.8 Å². The fourth-order valence-corrected chi connectivity index (χ4v) is 2.14. The van der Waals surface area contributed by atoms with E-state index in [9.17, 15) is 4.79 Å². The van der Waals surface area contributed by atoms with Crippen LogP contribution in [-0.4, -0.2) is 26.1 Å². The topological polar surface area (TPSA) is 94.0 Å². The highest BCUT2D eigenvalue weighted by Gasteiger charge is 2.13. The van der Waals surface area contributed by atoms with E-state index >= 15 is 0 Å². The monoisotopic (exact) mass is 294 g/mol. The van der Waals surface area contributed by atoms with Gasteiger partial charge in [0.25, 0.3) is 0 Å². The zero-order valence-electron chi connectivity index (χ0n) is 11.9. The fraction of sp³-hybridized carbons (Fsp3) is 0.0625. The molecule has 3 N–H and O–H groups in total. The molecular weight excluding hydrogens is 280 g/mol. The highest BCUT2D eigenvalue weighted by atomic mass is 16.4. The normalized spacial score (nSPS) is 10.6. The Balaban J connectivity index is 1.99. The smallest absolute Gasteiger partial charge is 0.335 e. The van der Waals surface area contributed by atoms with E-state index in [1.165, 1.54) is 16.8 Å². The lowest BCUT2D eigenvalue weighted by molar-refractivity contribution is 0.0697. The molecule has 1 aromatic heterocycles. The predicted molar refractivity (Wildman–Crippen MR) is 82.9 cm³/mol. The number of aryl methyl sites for hydroxylation is 1. The summed E-state index contributed by atoms with van der Waals surface area (Å²) in [6, 6.07) is 14.1. The first kappa shape index (κ1) is 13.8. The van der Waals surface area contributed by atoms with Crippen LogP contribution in [0.5, 0.6) is 0 Å². The first-order chi connectivity index (χ1) is 10.6. The highest BCUT2D eigenvalue weighted by molar-refractivity contribution is 5.87. The summed E-state index contributed by atoms with van der Waals surface area (Å²) in [5.74, 6) is -0.564. The number of hydrogen-bond donors (Lipinski definition) is 2. The van der Waals surface area contributed by atoms with E-state index in [0.717, 1.165) is 11.1 Å². The zero-order chi connectivity index (χ0) is 15.7. The van der Waals surface area contributed by atoms with Crippen molar-refractivity contribution in [2.24, 2.45) is 0 Å². The maximum atomic E-state index is 10.9. The molecule has 0 atom stereocenters. The lowest BCUT2D eigenvalue weighted by atomic mass is 10.1. The molecular formula is C16H14N4O2. The molecule has 22 heavy (non-hydrogen) atoms. The Morgan fingerprint density at radius 1 is 1.09 bits per heavy atom. The number of carboxylic acid groups (broad SMARTS) is 1. The quantitative estimate of drug-likeness (QED) is 0.774. The summed E-state index contributed by atoms with van der Waals surface area (Å²) >= 11 is 0. The van der Waals surface area contributed by atoms with Crippen LogP contribution >= 0.6 is 0 Å². The number of benzene rings is 2. The average Bonchev–Trinajstić information content (AvgIpc) is 2.90. The van der Waals surface area contributed by atoms with E-state index in [4.69, 9.17) is 10.8 Å². The van der Waals surface area contributed by atoms with Gasteiger partial charge in [-0.05, 0) is 31.2 Å². The van der Waals surface area contributed by atoms with Crippen LogP contribution in [0.3, 0.4) is 0 Å². The van der Waals surface area contributed by atoms with Crippen molar-refractivity contribution in [3.05, 3.63) is 59.7 Å². The van der Waals surface area contributed by atoms with E-state index < -0.39 is 5.97 Å². The Bertz CT molecular complexity index is 820. The summed E-state index contributed by atoms with van der Waals surface area (Å²) in [6.07, 6.45) is 0. The molecule has 0 aliphatic heterocycles. The van der Waals surface area contributed by atoms with Crippen LogP contribution in [-0.2, 0) is 0 Å². The number of nitrogens with two attached hydrogens (primary N) is 1. The second-order valence-electron chi connectivity index (χ2n) is 4.95. The zero-order valence-corrected chi connectivity index (χ0v) is 11.9. The van der Waals surface area contributed by atoms with Crippen molar-refractivity contribution in [3.63, 3.8) is 0 Å². The Morgan fingerprint density at radius 2 is 1.73 bits per heavy atom. The second kappa shape index (κ2) is 5.33. The molecule has 110 valence electrons. The minimum absolute atomic E-state index is 0.209. The third-order valence-corrected chi connectivity index (χ3v) is 3.39. The third kappa shape index (κ3) is 2.42. The van der Waals surface area contributed by atoms with Crippen molar-refractivity contribution in [2.75, 3.05) is 5.73 Å². The molecule has 0 amide bonds. The van der Waals surface area contributed by atoms with Crippen LogP contribution in [0.1, 0.15) is 15.9 Å². The van der Waals surface area contributed by atoms with Crippen LogP contribution in [0.2, 0.25) is 0 Å². The first-order valence-corrected chi connectivity index (χ1v) is 6.68. The Hall–Kier alpha value is -3.15. The molecule has 3 rings (SSSR count). The summed E-state index contributed by atoms with van der Waals surface area (Å²) in [5.41, 5.74) is 9.63. The summed E-state index contributed by atoms with van der Waals surface area (Å²) in [5, 5.41) is 17.1. The van der Waals surface area contributed by atoms with E-state index in [2.05, 4.69) is 10.3 Å². The molecule has 0 unspecified atom stereocenters. The van der Waals surface area contributed by atoms with Gasteiger partial charge in [0.15, 0.2) is 5.82 Å². The number of rotatable bonds is 3. The number of aromatic carboxylic acids is 1. The summed E-state index contributed by atoms with van der Waals surface area (Å²) in [4.78, 5) is 10.9. The summed E-state index contributed by atoms with van der Waals surface area (Å²) in [6.45, 7) is 2.01. The van der Waals surface area contributed by atoms with E-state index in [0.29, 0.717) is 17.2 Å². The standard InChI is InChI=1S/C16H14N4O2/c1-10-2-4-11(5-3-10)14-15(17)20(19-18-14)13-8-6-12(7-9-13)16(21)22/h2-9H,17H2,1H3,(H,21,22). The molecule has 2 aromatic carbocycles. The van der Waals surface area contributed by atoms with Crippen LogP contribution in [0.25, 0.3) is 16.9 Å². The van der Waals surface area contributed by atoms with Crippen LogP contribution in [0, 0.1) is 6.92 Å². The maximum Gasteiger partial charge on any atom is 0.335 e. The van der Waals surface area contributed by atoms with Gasteiger partial charge in [-0.1, -0.05) is 35.0 Å². The summed E-state index contributed by atoms with van der Waals surface area (Å²) in [7, 11) is 0. The number of nitrogens with zero attached hydrogens (tertiary/aromatic N) is 3. The first-order valence-electron chi connectivity index (χ1n) is 6.68. The molecule has 0 spiro atoms.